The van der Waals surface area contributed by atoms with Gasteiger partial charge < -0.3 is 9.73 Å². The molecule has 8 heteroatoms. The molecule has 2 fully saturated rings. The maximum atomic E-state index is 12.8. The summed E-state index contributed by atoms with van der Waals surface area (Å²) in [6.45, 7) is 2.35. The summed E-state index contributed by atoms with van der Waals surface area (Å²) in [6, 6.07) is 10.0. The van der Waals surface area contributed by atoms with Gasteiger partial charge in [0, 0.05) is 18.2 Å². The Morgan fingerprint density at radius 2 is 1.84 bits per heavy atom. The van der Waals surface area contributed by atoms with Crippen LogP contribution >= 0.6 is 0 Å². The fourth-order valence-electron chi connectivity index (χ4n) is 4.55. The van der Waals surface area contributed by atoms with Gasteiger partial charge in [0.05, 0.1) is 17.2 Å². The molecule has 2 N–H and O–H groups in total. The number of likely N-dealkylation sites (tertiary alicyclic amines) is 1. The van der Waals surface area contributed by atoms with E-state index in [2.05, 4.69) is 14.9 Å². The molecule has 1 saturated carbocycles. The van der Waals surface area contributed by atoms with Crippen molar-refractivity contribution in [1.29, 1.82) is 0 Å². The molecule has 2 aliphatic rings. The molecule has 1 aliphatic carbocycles. The van der Waals surface area contributed by atoms with Gasteiger partial charge in [-0.15, -0.1) is 0 Å². The molecule has 1 amide bonds. The van der Waals surface area contributed by atoms with Gasteiger partial charge in [0.1, 0.15) is 5.76 Å². The van der Waals surface area contributed by atoms with Crippen LogP contribution in [0.15, 0.2) is 52.0 Å². The van der Waals surface area contributed by atoms with Crippen molar-refractivity contribution in [3.05, 3.63) is 54.0 Å². The molecule has 1 atom stereocenters. The van der Waals surface area contributed by atoms with Crippen molar-refractivity contribution in [3.63, 3.8) is 0 Å². The number of rotatable bonds is 8. The second-order valence-electron chi connectivity index (χ2n) is 8.47. The first-order valence-corrected chi connectivity index (χ1v) is 12.7. The number of nitrogens with one attached hydrogen (secondary N) is 2. The minimum atomic E-state index is -3.64. The van der Waals surface area contributed by atoms with E-state index >= 15 is 0 Å². The van der Waals surface area contributed by atoms with E-state index in [1.165, 1.54) is 18.6 Å². The minimum absolute atomic E-state index is 0.0129. The number of furan rings is 1. The van der Waals surface area contributed by atoms with Crippen LogP contribution in [0.1, 0.15) is 67.1 Å². The zero-order valence-electron chi connectivity index (χ0n) is 17.8. The Bertz CT molecular complexity index is 962. The van der Waals surface area contributed by atoms with Crippen molar-refractivity contribution in [2.45, 2.75) is 61.9 Å². The van der Waals surface area contributed by atoms with Crippen molar-refractivity contribution in [1.82, 2.24) is 14.9 Å². The van der Waals surface area contributed by atoms with Gasteiger partial charge in [0.25, 0.3) is 5.91 Å². The van der Waals surface area contributed by atoms with Crippen LogP contribution in [0.3, 0.4) is 0 Å². The lowest BCUT2D eigenvalue weighted by atomic mass is 10.1. The largest absolute Gasteiger partial charge is 0.468 e. The molecule has 1 aliphatic heterocycles. The Morgan fingerprint density at radius 3 is 2.55 bits per heavy atom. The second-order valence-corrected chi connectivity index (χ2v) is 10.2. The Kier molecular flexibility index (Phi) is 7.09. The predicted molar refractivity (Wildman–Crippen MR) is 118 cm³/mol. The summed E-state index contributed by atoms with van der Waals surface area (Å²) in [5.41, 5.74) is 0.339. The van der Waals surface area contributed by atoms with Gasteiger partial charge in [-0.05, 0) is 69.1 Å². The lowest BCUT2D eigenvalue weighted by molar-refractivity contribution is 0.0914. The summed E-state index contributed by atoms with van der Waals surface area (Å²) >= 11 is 0. The smallest absolute Gasteiger partial charge is 0.251 e. The van der Waals surface area contributed by atoms with Crippen molar-refractivity contribution < 1.29 is 17.6 Å². The summed E-state index contributed by atoms with van der Waals surface area (Å²) in [5, 5.41) is 2.98. The molecule has 1 aromatic heterocycles. The van der Waals surface area contributed by atoms with E-state index < -0.39 is 10.0 Å². The third kappa shape index (κ3) is 5.56. The molecule has 0 radical (unpaired) electrons. The number of amides is 1. The highest BCUT2D eigenvalue weighted by Gasteiger charge is 2.26. The third-order valence-electron chi connectivity index (χ3n) is 6.24. The number of nitrogens with zero attached hydrogens (tertiary/aromatic N) is 1. The summed E-state index contributed by atoms with van der Waals surface area (Å²) < 4.78 is 33.9. The minimum Gasteiger partial charge on any atom is -0.468 e. The molecular weight excluding hydrogens is 414 g/mol. The average molecular weight is 446 g/mol. The molecule has 7 nitrogen and oxygen atoms in total. The molecule has 1 saturated heterocycles. The van der Waals surface area contributed by atoms with E-state index in [4.69, 9.17) is 4.42 Å². The Hall–Kier alpha value is -2.16. The van der Waals surface area contributed by atoms with E-state index in [1.807, 2.05) is 12.1 Å². The summed E-state index contributed by atoms with van der Waals surface area (Å²) in [4.78, 5) is 15.3. The lowest BCUT2D eigenvalue weighted by Crippen LogP contribution is -2.40. The average Bonchev–Trinajstić information content (AvgIpc) is 3.49. The van der Waals surface area contributed by atoms with E-state index in [9.17, 15) is 13.2 Å². The van der Waals surface area contributed by atoms with Gasteiger partial charge >= 0.3 is 0 Å². The number of hydrogen-bond acceptors (Lipinski definition) is 5. The number of hydrogen-bond donors (Lipinski definition) is 2. The quantitative estimate of drug-likeness (QED) is 0.649. The van der Waals surface area contributed by atoms with Crippen molar-refractivity contribution in [3.8, 4) is 0 Å². The Labute approximate surface area is 184 Å². The van der Waals surface area contributed by atoms with Gasteiger partial charge in [-0.2, -0.15) is 0 Å². The topological polar surface area (TPSA) is 91.7 Å². The number of piperidine rings is 1. The molecule has 168 valence electrons. The van der Waals surface area contributed by atoms with Crippen LogP contribution in [0, 0.1) is 0 Å². The number of carbonyl (C=O) groups is 1. The SMILES string of the molecule is O=C(NCC(c1ccco1)N1CCCCC1)c1cccc(S(=O)(=O)NC2CCCC2)c1. The van der Waals surface area contributed by atoms with Crippen molar-refractivity contribution >= 4 is 15.9 Å². The molecule has 0 bridgehead atoms. The zero-order chi connectivity index (χ0) is 21.7. The van der Waals surface area contributed by atoms with Gasteiger partial charge in [-0.3, -0.25) is 9.69 Å². The van der Waals surface area contributed by atoms with Crippen LogP contribution in [-0.2, 0) is 10.0 Å². The van der Waals surface area contributed by atoms with E-state index in [0.29, 0.717) is 12.1 Å². The number of sulfonamides is 1. The highest BCUT2D eigenvalue weighted by Crippen LogP contribution is 2.25. The van der Waals surface area contributed by atoms with Crippen LogP contribution in [0.5, 0.6) is 0 Å². The van der Waals surface area contributed by atoms with Crippen molar-refractivity contribution in [2.75, 3.05) is 19.6 Å². The first-order chi connectivity index (χ1) is 15.0. The second kappa shape index (κ2) is 9.97. The van der Waals surface area contributed by atoms with E-state index in [-0.39, 0.29) is 22.9 Å². The molecule has 2 aromatic rings. The molecule has 2 heterocycles. The highest BCUT2D eigenvalue weighted by molar-refractivity contribution is 7.89. The van der Waals surface area contributed by atoms with Gasteiger partial charge in [0.15, 0.2) is 0 Å². The molecule has 0 spiro atoms. The van der Waals surface area contributed by atoms with Gasteiger partial charge in [0.2, 0.25) is 10.0 Å². The molecular formula is C23H31N3O4S. The van der Waals surface area contributed by atoms with Crippen LogP contribution in [0.4, 0.5) is 0 Å². The maximum absolute atomic E-state index is 12.8. The van der Waals surface area contributed by atoms with E-state index in [0.717, 1.165) is 57.4 Å². The maximum Gasteiger partial charge on any atom is 0.251 e. The lowest BCUT2D eigenvalue weighted by Gasteiger charge is -2.33. The van der Waals surface area contributed by atoms with Crippen LogP contribution in [-0.4, -0.2) is 44.9 Å². The normalized spacial score (nSPS) is 19.4. The standard InChI is InChI=1S/C23H31N3O4S/c27-23(24-17-21(22-12-7-15-30-22)26-13-4-1-5-14-26)18-8-6-11-20(16-18)31(28,29)25-19-9-2-3-10-19/h6-8,11-12,15-16,19,21,25H,1-5,9-10,13-14,17H2,(H,24,27). The fourth-order valence-corrected chi connectivity index (χ4v) is 5.90. The zero-order valence-corrected chi connectivity index (χ0v) is 18.6. The van der Waals surface area contributed by atoms with Crippen LogP contribution in [0.2, 0.25) is 0 Å². The summed E-state index contributed by atoms with van der Waals surface area (Å²) in [5.74, 6) is 0.547. The molecule has 1 aromatic carbocycles. The summed E-state index contributed by atoms with van der Waals surface area (Å²) in [6.07, 6.45) is 8.98. The Balaban J connectivity index is 1.43. The van der Waals surface area contributed by atoms with Crippen LogP contribution in [0.25, 0.3) is 0 Å². The first-order valence-electron chi connectivity index (χ1n) is 11.2. The fraction of sp³-hybridized carbons (Fsp3) is 0.522. The number of carbonyl (C=O) groups excluding carboxylic acids is 1. The Morgan fingerprint density at radius 1 is 1.06 bits per heavy atom. The van der Waals surface area contributed by atoms with Gasteiger partial charge in [-0.1, -0.05) is 25.3 Å². The van der Waals surface area contributed by atoms with Crippen molar-refractivity contribution in [2.24, 2.45) is 0 Å². The van der Waals surface area contributed by atoms with Crippen LogP contribution < -0.4 is 10.0 Å². The summed E-state index contributed by atoms with van der Waals surface area (Å²) in [7, 11) is -3.64. The molecule has 31 heavy (non-hydrogen) atoms. The third-order valence-corrected chi connectivity index (χ3v) is 7.76. The number of benzene rings is 1. The molecule has 4 rings (SSSR count). The first kappa shape index (κ1) is 22.0. The van der Waals surface area contributed by atoms with Gasteiger partial charge in [-0.25, -0.2) is 13.1 Å². The predicted octanol–water partition coefficient (Wildman–Crippen LogP) is 3.46. The molecule has 1 unspecified atom stereocenters. The highest BCUT2D eigenvalue weighted by atomic mass is 32.2. The van der Waals surface area contributed by atoms with E-state index in [1.54, 1.807) is 18.4 Å². The monoisotopic (exact) mass is 445 g/mol.